The molecule has 0 N–H and O–H groups in total. The van der Waals surface area contributed by atoms with Crippen LogP contribution in [0.4, 0.5) is 0 Å². The van der Waals surface area contributed by atoms with Crippen molar-refractivity contribution >= 4 is 33.4 Å². The smallest absolute Gasteiger partial charge is 0.337 e. The van der Waals surface area contributed by atoms with Gasteiger partial charge in [0.2, 0.25) is 0 Å². The number of hydrogen-bond acceptors (Lipinski definition) is 5. The first-order valence-corrected chi connectivity index (χ1v) is 8.96. The number of nitrogens with zero attached hydrogens (tertiary/aromatic N) is 4. The summed E-state index contributed by atoms with van der Waals surface area (Å²) in [7, 11) is 3.18. The van der Waals surface area contributed by atoms with Crippen LogP contribution in [0.2, 0.25) is 0 Å². The molecule has 8 heteroatoms. The summed E-state index contributed by atoms with van der Waals surface area (Å²) < 4.78 is 9.23. The Balaban J connectivity index is 2.04. The summed E-state index contributed by atoms with van der Waals surface area (Å²) in [5, 5.41) is 4.34. The second kappa shape index (κ2) is 6.87. The first-order chi connectivity index (χ1) is 12.3. The second-order valence-corrected chi connectivity index (χ2v) is 7.25. The molecule has 0 saturated heterocycles. The average Bonchev–Trinajstić information content (AvgIpc) is 3.15. The molecule has 0 bridgehead atoms. The minimum Gasteiger partial charge on any atom is -0.465 e. The van der Waals surface area contributed by atoms with Gasteiger partial charge in [0.15, 0.2) is 10.5 Å². The lowest BCUT2D eigenvalue weighted by Gasteiger charge is -2.06. The van der Waals surface area contributed by atoms with Crippen molar-refractivity contribution in [3.8, 4) is 0 Å². The second-order valence-electron chi connectivity index (χ2n) is 6.24. The van der Waals surface area contributed by atoms with Crippen LogP contribution in [0.25, 0.3) is 10.2 Å². The molecule has 0 fully saturated rings. The van der Waals surface area contributed by atoms with Gasteiger partial charge in [-0.1, -0.05) is 11.3 Å². The van der Waals surface area contributed by atoms with E-state index in [1.54, 1.807) is 22.9 Å². The van der Waals surface area contributed by atoms with Crippen LogP contribution in [0, 0.1) is 6.92 Å². The zero-order valence-corrected chi connectivity index (χ0v) is 16.1. The maximum absolute atomic E-state index is 12.5. The fourth-order valence-electron chi connectivity index (χ4n) is 2.74. The Morgan fingerprint density at radius 2 is 2.00 bits per heavy atom. The number of methoxy groups -OCH3 is 1. The molecular weight excluding hydrogens is 352 g/mol. The molecule has 0 saturated carbocycles. The van der Waals surface area contributed by atoms with E-state index in [-0.39, 0.29) is 11.9 Å². The Morgan fingerprint density at radius 1 is 1.27 bits per heavy atom. The highest BCUT2D eigenvalue weighted by Crippen LogP contribution is 2.19. The Bertz CT molecular complexity index is 1070. The van der Waals surface area contributed by atoms with E-state index in [4.69, 9.17) is 4.74 Å². The molecular formula is C18H20N4O3S. The number of aromatic nitrogens is 3. The maximum atomic E-state index is 12.5. The van der Waals surface area contributed by atoms with Crippen LogP contribution in [-0.2, 0) is 11.8 Å². The Labute approximate surface area is 154 Å². The third-order valence-electron chi connectivity index (χ3n) is 4.06. The first kappa shape index (κ1) is 18.1. The Morgan fingerprint density at radius 3 is 2.62 bits per heavy atom. The van der Waals surface area contributed by atoms with Gasteiger partial charge in [-0.2, -0.15) is 10.1 Å². The fraction of sp³-hybridized carbons (Fsp3) is 0.333. The molecule has 3 aromatic rings. The summed E-state index contributed by atoms with van der Waals surface area (Å²) in [4.78, 5) is 29.0. The van der Waals surface area contributed by atoms with E-state index in [0.29, 0.717) is 16.1 Å². The van der Waals surface area contributed by atoms with Crippen molar-refractivity contribution < 1.29 is 14.3 Å². The molecule has 136 valence electrons. The van der Waals surface area contributed by atoms with E-state index >= 15 is 0 Å². The van der Waals surface area contributed by atoms with E-state index in [2.05, 4.69) is 10.1 Å². The monoisotopic (exact) mass is 372 g/mol. The van der Waals surface area contributed by atoms with Crippen molar-refractivity contribution in [1.29, 1.82) is 0 Å². The third-order valence-corrected chi connectivity index (χ3v) is 5.15. The van der Waals surface area contributed by atoms with Crippen LogP contribution >= 0.6 is 11.3 Å². The molecule has 0 aliphatic carbocycles. The van der Waals surface area contributed by atoms with Crippen LogP contribution in [-0.4, -0.2) is 33.3 Å². The molecule has 0 aliphatic rings. The minimum absolute atomic E-state index is 0.175. The van der Waals surface area contributed by atoms with Gasteiger partial charge in [0.25, 0.3) is 5.91 Å². The van der Waals surface area contributed by atoms with Crippen molar-refractivity contribution in [2.75, 3.05) is 7.11 Å². The molecule has 1 aromatic carbocycles. The van der Waals surface area contributed by atoms with Gasteiger partial charge in [0.1, 0.15) is 0 Å². The topological polar surface area (TPSA) is 78.5 Å². The van der Waals surface area contributed by atoms with E-state index < -0.39 is 5.97 Å². The molecule has 0 radical (unpaired) electrons. The van der Waals surface area contributed by atoms with Crippen molar-refractivity contribution in [1.82, 2.24) is 14.3 Å². The molecule has 0 spiro atoms. The van der Waals surface area contributed by atoms with Gasteiger partial charge in [-0.3, -0.25) is 9.48 Å². The van der Waals surface area contributed by atoms with Gasteiger partial charge < -0.3 is 9.30 Å². The van der Waals surface area contributed by atoms with Gasteiger partial charge in [-0.05, 0) is 45.0 Å². The van der Waals surface area contributed by atoms with E-state index in [1.165, 1.54) is 18.4 Å². The van der Waals surface area contributed by atoms with Crippen LogP contribution in [0.15, 0.2) is 29.3 Å². The molecule has 0 aliphatic heterocycles. The summed E-state index contributed by atoms with van der Waals surface area (Å²) >= 11 is 1.34. The largest absolute Gasteiger partial charge is 0.465 e. The third kappa shape index (κ3) is 3.20. The number of carbonyl (C=O) groups excluding carboxylic acids is 2. The molecule has 0 unspecified atom stereocenters. The number of esters is 1. The molecule has 7 nitrogen and oxygen atoms in total. The predicted octanol–water partition coefficient (Wildman–Crippen LogP) is 2.85. The highest BCUT2D eigenvalue weighted by Gasteiger charge is 2.14. The van der Waals surface area contributed by atoms with Gasteiger partial charge in [-0.25, -0.2) is 4.79 Å². The van der Waals surface area contributed by atoms with Gasteiger partial charge in [-0.15, -0.1) is 0 Å². The summed E-state index contributed by atoms with van der Waals surface area (Å²) in [5.41, 5.74) is 2.59. The zero-order chi connectivity index (χ0) is 19.0. The Hall–Kier alpha value is -2.74. The minimum atomic E-state index is -0.396. The van der Waals surface area contributed by atoms with Crippen molar-refractivity contribution in [3.63, 3.8) is 0 Å². The number of hydrogen-bond donors (Lipinski definition) is 0. The van der Waals surface area contributed by atoms with Crippen molar-refractivity contribution in [3.05, 3.63) is 46.0 Å². The lowest BCUT2D eigenvalue weighted by Crippen LogP contribution is -2.14. The van der Waals surface area contributed by atoms with Crippen LogP contribution < -0.4 is 4.80 Å². The molecule has 2 heterocycles. The summed E-state index contributed by atoms with van der Waals surface area (Å²) in [6.07, 6.45) is 0. The Kier molecular flexibility index (Phi) is 4.78. The summed E-state index contributed by atoms with van der Waals surface area (Å²) in [6, 6.07) is 7.18. The average molecular weight is 372 g/mol. The predicted molar refractivity (Wildman–Crippen MR) is 99.4 cm³/mol. The number of carbonyl (C=O) groups is 2. The molecule has 26 heavy (non-hydrogen) atoms. The van der Waals surface area contributed by atoms with E-state index in [1.807, 2.05) is 38.5 Å². The standard InChI is InChI=1S/C18H20N4O3S/c1-10(2)22-11(3)8-13(20-22)16(23)19-18-21(4)14-7-6-12(17(24)25-5)9-15(14)26-18/h6-10H,1-5H3. The number of ether oxygens (including phenoxy) is 1. The molecule has 2 aromatic heterocycles. The van der Waals surface area contributed by atoms with Crippen LogP contribution in [0.3, 0.4) is 0 Å². The van der Waals surface area contributed by atoms with E-state index in [9.17, 15) is 9.59 Å². The number of benzene rings is 1. The van der Waals surface area contributed by atoms with Gasteiger partial charge >= 0.3 is 5.97 Å². The summed E-state index contributed by atoms with van der Waals surface area (Å²) in [6.45, 7) is 5.93. The lowest BCUT2D eigenvalue weighted by molar-refractivity contribution is 0.0601. The van der Waals surface area contributed by atoms with Crippen molar-refractivity contribution in [2.24, 2.45) is 12.0 Å². The van der Waals surface area contributed by atoms with Crippen molar-refractivity contribution in [2.45, 2.75) is 26.8 Å². The van der Waals surface area contributed by atoms with Crippen LogP contribution in [0.1, 0.15) is 46.4 Å². The van der Waals surface area contributed by atoms with Crippen LogP contribution in [0.5, 0.6) is 0 Å². The molecule has 3 rings (SSSR count). The maximum Gasteiger partial charge on any atom is 0.337 e. The number of aryl methyl sites for hydroxylation is 2. The lowest BCUT2D eigenvalue weighted by atomic mass is 10.2. The normalized spacial score (nSPS) is 12.2. The summed E-state index contributed by atoms with van der Waals surface area (Å²) in [5.74, 6) is -0.782. The van der Waals surface area contributed by atoms with Gasteiger partial charge in [0, 0.05) is 18.8 Å². The number of amides is 1. The molecule has 1 amide bonds. The highest BCUT2D eigenvalue weighted by molar-refractivity contribution is 7.16. The number of rotatable bonds is 3. The van der Waals surface area contributed by atoms with E-state index in [0.717, 1.165) is 15.9 Å². The van der Waals surface area contributed by atoms with Gasteiger partial charge in [0.05, 0.1) is 22.9 Å². The number of thiazole rings is 1. The zero-order valence-electron chi connectivity index (χ0n) is 15.3. The SMILES string of the molecule is COC(=O)c1ccc2c(c1)sc(=NC(=O)c1cc(C)n(C(C)C)n1)n2C. The molecule has 0 atom stereocenters. The first-order valence-electron chi connectivity index (χ1n) is 8.15. The quantitative estimate of drug-likeness (QED) is 0.662. The number of fused-ring (bicyclic) bond motifs is 1. The fourth-order valence-corrected chi connectivity index (χ4v) is 3.80. The highest BCUT2D eigenvalue weighted by atomic mass is 32.1.